The lowest BCUT2D eigenvalue weighted by Crippen LogP contribution is -2.63. The van der Waals surface area contributed by atoms with Crippen LogP contribution in [0.2, 0.25) is 0 Å². The Morgan fingerprint density at radius 3 is 1.49 bits per heavy atom. The maximum Gasteiger partial charge on any atom is 0.509 e. The molecule has 0 unspecified atom stereocenters. The van der Waals surface area contributed by atoms with Crippen LogP contribution in [0.5, 0.6) is 0 Å². The Morgan fingerprint density at radius 2 is 1.00 bits per heavy atom. The van der Waals surface area contributed by atoms with E-state index in [4.69, 9.17) is 14.2 Å². The number of allylic oxidation sites excluding steroid dienone is 2. The molecule has 96 heavy (non-hydrogen) atoms. The quantitative estimate of drug-likeness (QED) is 0.0896. The number of aliphatic hydroxyl groups excluding tert-OH is 1. The fourth-order valence-electron chi connectivity index (χ4n) is 11.3. The molecule has 0 bridgehead atoms. The van der Waals surface area contributed by atoms with E-state index in [2.05, 4.69) is 21.3 Å². The van der Waals surface area contributed by atoms with Crippen LogP contribution >= 0.6 is 0 Å². The van der Waals surface area contributed by atoms with Crippen LogP contribution < -0.4 is 21.3 Å². The SMILES string of the molecule is C/C=C/C[C@@H](C)[C@@H](O)[C@@H]1C(=O)N[C@@H](CC)C(=O)N(C)CC(=O)N(C)[C@@H]([C@@H](C)OC/C=C/COC(=O)OC(C)(C)C)C(=O)N[C@@H](C(C)C)C(=O)N(C)[C@@H](CC(C)C)C(=O)N[C@@H](C)C(=O)N[C@H](C)C(=O)N(C)[C@@H](CC(C)C)C(=O)N(C)[C@@H](CC(C)C)C(=O)N(C)[C@@H](C(C)C)C(=O)N1C. The Labute approximate surface area is 572 Å². The van der Waals surface area contributed by atoms with Crippen LogP contribution in [0.15, 0.2) is 24.3 Å². The zero-order chi connectivity index (χ0) is 74.3. The molecule has 0 aliphatic carbocycles. The van der Waals surface area contributed by atoms with Gasteiger partial charge in [-0.2, -0.15) is 0 Å². The number of hydrogen-bond acceptors (Lipinski definition) is 16. The van der Waals surface area contributed by atoms with Gasteiger partial charge in [0.15, 0.2) is 0 Å². The Morgan fingerprint density at radius 1 is 0.531 bits per heavy atom. The first-order valence-electron chi connectivity index (χ1n) is 33.8. The van der Waals surface area contributed by atoms with Crippen LogP contribution in [0.25, 0.3) is 0 Å². The standard InChI is InChI=1S/C69H121N11O16/c1-27-29-32-44(13)57(82)56-61(86)72-48(28-2)63(88)74(20)38-52(81)78(24)55(47(16)94-33-30-31-34-95-68(93)96-69(17,18)19)60(85)73-53(42(9)10)66(91)75(21)49(35-39(3)4)59(84)70-45(14)58(83)71-46(15)62(87)76(22)50(36-40(5)6)64(89)77(23)51(37-41(7)8)65(90)79(25)54(43(11)12)67(92)80(56)26/h27,29-31,39-51,53-57,82H,28,32-38H2,1-26H3,(H,70,84)(H,71,83)(H,72,86)(H,73,85)/b29-27+,31-30+/t44-,45+,46-,47-,48+,49+,50+,51+,53+,54+,55+,56-,57-/m1/s1. The van der Waals surface area contributed by atoms with E-state index in [1.54, 1.807) is 81.4 Å². The summed E-state index contributed by atoms with van der Waals surface area (Å²) in [6.45, 7) is 31.3. The lowest BCUT2D eigenvalue weighted by Gasteiger charge is -2.41. The predicted molar refractivity (Wildman–Crippen MR) is 366 cm³/mol. The zero-order valence-corrected chi connectivity index (χ0v) is 62.6. The van der Waals surface area contributed by atoms with Crippen LogP contribution in [0.4, 0.5) is 4.79 Å². The summed E-state index contributed by atoms with van der Waals surface area (Å²) in [4.78, 5) is 182. The second-order valence-electron chi connectivity index (χ2n) is 28.7. The highest BCUT2D eigenvalue weighted by molar-refractivity contribution is 5.99. The van der Waals surface area contributed by atoms with Gasteiger partial charge in [0.1, 0.15) is 72.6 Å². The Kier molecular flexibility index (Phi) is 36.1. The van der Waals surface area contributed by atoms with E-state index in [-0.39, 0.29) is 63.1 Å². The van der Waals surface area contributed by atoms with Crippen LogP contribution in [-0.4, -0.2) is 258 Å². The van der Waals surface area contributed by atoms with Gasteiger partial charge in [0.25, 0.3) is 0 Å². The summed E-state index contributed by atoms with van der Waals surface area (Å²) in [5.74, 6) is -10.6. The molecular formula is C69H121N11O16. The second-order valence-corrected chi connectivity index (χ2v) is 28.7. The van der Waals surface area contributed by atoms with Crippen molar-refractivity contribution in [2.45, 2.75) is 242 Å². The molecule has 0 spiro atoms. The third-order valence-electron chi connectivity index (χ3n) is 17.1. The van der Waals surface area contributed by atoms with Gasteiger partial charge >= 0.3 is 6.16 Å². The van der Waals surface area contributed by atoms with Gasteiger partial charge in [-0.3, -0.25) is 52.7 Å². The smallest absolute Gasteiger partial charge is 0.430 e. The van der Waals surface area contributed by atoms with Crippen LogP contribution in [-0.2, 0) is 67.0 Å². The van der Waals surface area contributed by atoms with Crippen molar-refractivity contribution in [3.8, 4) is 0 Å². The maximum absolute atomic E-state index is 15.2. The largest absolute Gasteiger partial charge is 0.509 e. The lowest BCUT2D eigenvalue weighted by atomic mass is 9.91. The summed E-state index contributed by atoms with van der Waals surface area (Å²) in [7, 11) is 9.64. The van der Waals surface area contributed by atoms with E-state index in [9.17, 15) is 48.3 Å². The van der Waals surface area contributed by atoms with E-state index in [1.807, 2.05) is 41.5 Å². The van der Waals surface area contributed by atoms with Gasteiger partial charge in [0.2, 0.25) is 65.0 Å². The summed E-state index contributed by atoms with van der Waals surface area (Å²) in [5.41, 5.74) is -0.797. The molecule has 1 heterocycles. The molecule has 0 aromatic heterocycles. The molecule has 0 aromatic rings. The molecule has 0 aromatic carbocycles. The number of nitrogens with one attached hydrogen (secondary N) is 4. The van der Waals surface area contributed by atoms with E-state index in [0.717, 1.165) is 14.7 Å². The summed E-state index contributed by atoms with van der Waals surface area (Å²) >= 11 is 0. The molecule has 1 saturated heterocycles. The minimum atomic E-state index is -1.66. The van der Waals surface area contributed by atoms with Crippen LogP contribution in [0, 0.1) is 35.5 Å². The van der Waals surface area contributed by atoms with Crippen LogP contribution in [0.3, 0.4) is 0 Å². The first kappa shape index (κ1) is 86.9. The zero-order valence-electron chi connectivity index (χ0n) is 62.6. The average molecular weight is 1360 g/mol. The monoisotopic (exact) mass is 1360 g/mol. The van der Waals surface area contributed by atoms with Gasteiger partial charge in [-0.15, -0.1) is 0 Å². The van der Waals surface area contributed by atoms with E-state index < -0.39 is 174 Å². The number of carbonyl (C=O) groups excluding carboxylic acids is 12. The third kappa shape index (κ3) is 26.0. The number of hydrogen-bond donors (Lipinski definition) is 5. The fourth-order valence-corrected chi connectivity index (χ4v) is 11.3. The molecule has 0 saturated carbocycles. The highest BCUT2D eigenvalue weighted by atomic mass is 16.7. The number of amides is 11. The van der Waals surface area contributed by atoms with Crippen molar-refractivity contribution >= 4 is 71.1 Å². The molecule has 1 aliphatic heterocycles. The molecule has 1 fully saturated rings. The Bertz CT molecular complexity index is 2690. The summed E-state index contributed by atoms with van der Waals surface area (Å²) in [5, 5.41) is 23.1. The minimum Gasteiger partial charge on any atom is -0.430 e. The fraction of sp³-hybridized carbons (Fsp3) is 0.768. The van der Waals surface area contributed by atoms with E-state index in [0.29, 0.717) is 0 Å². The molecule has 11 amide bonds. The number of aliphatic hydroxyl groups is 1. The first-order chi connectivity index (χ1) is 44.3. The second kappa shape index (κ2) is 39.9. The average Bonchev–Trinajstić information content (AvgIpc) is 0.808. The van der Waals surface area contributed by atoms with Crippen LogP contribution in [0.1, 0.15) is 164 Å². The molecule has 1 aliphatic rings. The number of carbonyl (C=O) groups is 12. The van der Waals surface area contributed by atoms with Gasteiger partial charge in [0, 0.05) is 49.3 Å². The van der Waals surface area contributed by atoms with Crippen molar-refractivity contribution in [2.75, 3.05) is 69.1 Å². The molecule has 27 heteroatoms. The summed E-state index contributed by atoms with van der Waals surface area (Å²) < 4.78 is 16.4. The van der Waals surface area contributed by atoms with E-state index >= 15 is 14.4 Å². The maximum atomic E-state index is 15.2. The Hall–Kier alpha value is -7.16. The topological polar surface area (TPSA) is 324 Å². The van der Waals surface area contributed by atoms with Crippen molar-refractivity contribution in [1.29, 1.82) is 0 Å². The molecule has 0 radical (unpaired) electrons. The number of rotatable bonds is 19. The van der Waals surface area contributed by atoms with Crippen molar-refractivity contribution in [2.24, 2.45) is 35.5 Å². The van der Waals surface area contributed by atoms with Crippen molar-refractivity contribution < 1.29 is 76.9 Å². The van der Waals surface area contributed by atoms with Gasteiger partial charge in [-0.1, -0.05) is 101 Å². The van der Waals surface area contributed by atoms with E-state index in [1.165, 1.54) is 102 Å². The minimum absolute atomic E-state index is 0.0388. The first-order valence-corrected chi connectivity index (χ1v) is 33.8. The molecule has 1 rings (SSSR count). The number of nitrogens with zero attached hydrogens (tertiary/aromatic N) is 7. The van der Waals surface area contributed by atoms with Crippen molar-refractivity contribution in [3.05, 3.63) is 24.3 Å². The van der Waals surface area contributed by atoms with Gasteiger partial charge in [-0.25, -0.2) is 4.79 Å². The van der Waals surface area contributed by atoms with Gasteiger partial charge in [-0.05, 0) is 122 Å². The highest BCUT2D eigenvalue weighted by Crippen LogP contribution is 2.26. The third-order valence-corrected chi connectivity index (χ3v) is 17.1. The lowest BCUT2D eigenvalue weighted by molar-refractivity contribution is -0.157. The Balaban J connectivity index is 4.38. The highest BCUT2D eigenvalue weighted by Gasteiger charge is 2.46. The molecule has 5 N–H and O–H groups in total. The normalized spacial score (nSPS) is 25.6. The van der Waals surface area contributed by atoms with Crippen molar-refractivity contribution in [3.63, 3.8) is 0 Å². The number of likely N-dealkylation sites (N-methyl/N-ethyl adjacent to an activating group) is 7. The number of ether oxygens (including phenoxy) is 3. The predicted octanol–water partition coefficient (Wildman–Crippen LogP) is 4.14. The molecular weight excluding hydrogens is 1240 g/mol. The summed E-state index contributed by atoms with van der Waals surface area (Å²) in [6.07, 6.45) is 3.55. The van der Waals surface area contributed by atoms with Gasteiger partial charge < -0.3 is 74.9 Å². The van der Waals surface area contributed by atoms with Crippen molar-refractivity contribution in [1.82, 2.24) is 55.6 Å². The summed E-state index contributed by atoms with van der Waals surface area (Å²) in [6, 6.07) is -13.2. The van der Waals surface area contributed by atoms with Gasteiger partial charge in [0.05, 0.1) is 25.4 Å². The molecule has 27 nitrogen and oxygen atoms in total. The molecule has 13 atom stereocenters. The molecule has 548 valence electrons.